The fourth-order valence-corrected chi connectivity index (χ4v) is 1.70. The molecule has 0 aromatic carbocycles. The molecule has 1 heteroatoms. The molecule has 0 aromatic heterocycles. The van der Waals surface area contributed by atoms with Crippen LogP contribution in [0.4, 0.5) is 0 Å². The van der Waals surface area contributed by atoms with Crippen LogP contribution in [0.3, 0.4) is 0 Å². The van der Waals surface area contributed by atoms with E-state index in [1.54, 1.807) is 0 Å². The van der Waals surface area contributed by atoms with Crippen LogP contribution in [-0.2, 0) is 4.74 Å². The van der Waals surface area contributed by atoms with Crippen molar-refractivity contribution in [1.29, 1.82) is 0 Å². The molecule has 0 radical (unpaired) electrons. The molecule has 0 amide bonds. The van der Waals surface area contributed by atoms with Crippen LogP contribution in [0.1, 0.15) is 27.2 Å². The maximum Gasteiger partial charge on any atom is 0.0825 e. The van der Waals surface area contributed by atoms with Crippen molar-refractivity contribution < 1.29 is 4.74 Å². The van der Waals surface area contributed by atoms with Crippen molar-refractivity contribution in [3.8, 4) is 0 Å². The van der Waals surface area contributed by atoms with Crippen LogP contribution in [0, 0.1) is 12.8 Å². The molecule has 0 spiro atoms. The summed E-state index contributed by atoms with van der Waals surface area (Å²) in [6, 6.07) is 0. The Morgan fingerprint density at radius 1 is 1.46 bits per heavy atom. The van der Waals surface area contributed by atoms with Gasteiger partial charge in [-0.05, 0) is 13.8 Å². The van der Waals surface area contributed by atoms with Crippen LogP contribution in [0.2, 0.25) is 0 Å². The van der Waals surface area contributed by atoms with Crippen molar-refractivity contribution in [2.45, 2.75) is 33.3 Å². The Labute approximate surface area is 81.5 Å². The molecular weight excluding hydrogens is 160 g/mol. The Morgan fingerprint density at radius 3 is 2.69 bits per heavy atom. The van der Waals surface area contributed by atoms with E-state index >= 15 is 0 Å². The number of hydrogen-bond donors (Lipinski definition) is 0. The normalized spacial score (nSPS) is 28.3. The highest BCUT2D eigenvalue weighted by atomic mass is 16.5. The van der Waals surface area contributed by atoms with Gasteiger partial charge in [-0.1, -0.05) is 30.2 Å². The van der Waals surface area contributed by atoms with Gasteiger partial charge in [-0.15, -0.1) is 0 Å². The minimum Gasteiger partial charge on any atom is -0.374 e. The maximum absolute atomic E-state index is 5.72. The minimum absolute atomic E-state index is 0.257. The van der Waals surface area contributed by atoms with E-state index in [1.165, 1.54) is 11.1 Å². The zero-order valence-electron chi connectivity index (χ0n) is 8.84. The van der Waals surface area contributed by atoms with Gasteiger partial charge in [0.1, 0.15) is 0 Å². The second-order valence-corrected chi connectivity index (χ2v) is 3.57. The lowest BCUT2D eigenvalue weighted by atomic mass is 9.85. The van der Waals surface area contributed by atoms with Crippen LogP contribution in [-0.4, -0.2) is 12.7 Å². The van der Waals surface area contributed by atoms with Gasteiger partial charge in [-0.25, -0.2) is 0 Å². The largest absolute Gasteiger partial charge is 0.374 e. The fourth-order valence-electron chi connectivity index (χ4n) is 1.70. The number of hydrogen-bond acceptors (Lipinski definition) is 1. The highest BCUT2D eigenvalue weighted by molar-refractivity contribution is 5.29. The molecule has 74 valence electrons. The smallest absolute Gasteiger partial charge is 0.0825 e. The van der Waals surface area contributed by atoms with Crippen molar-refractivity contribution in [1.82, 2.24) is 0 Å². The molecule has 1 aliphatic carbocycles. The van der Waals surface area contributed by atoms with Gasteiger partial charge >= 0.3 is 0 Å². The number of ether oxygens (including phenoxy) is 1. The SMILES string of the molecule is [CH2-]CC1=CC=C(C)C(C)C1OCC. The number of allylic oxidation sites excluding steroid dienone is 2. The van der Waals surface area contributed by atoms with E-state index in [1.807, 2.05) is 6.92 Å². The second kappa shape index (κ2) is 4.61. The predicted molar refractivity (Wildman–Crippen MR) is 56.4 cm³/mol. The minimum atomic E-state index is 0.257. The van der Waals surface area contributed by atoms with Crippen LogP contribution in [0.25, 0.3) is 0 Å². The molecule has 0 heterocycles. The van der Waals surface area contributed by atoms with Gasteiger partial charge in [0.15, 0.2) is 0 Å². The van der Waals surface area contributed by atoms with E-state index in [4.69, 9.17) is 4.74 Å². The monoisotopic (exact) mass is 179 g/mol. The van der Waals surface area contributed by atoms with Gasteiger partial charge < -0.3 is 11.7 Å². The van der Waals surface area contributed by atoms with Crippen LogP contribution < -0.4 is 0 Å². The van der Waals surface area contributed by atoms with E-state index in [9.17, 15) is 0 Å². The standard InChI is InChI=1S/C12H19O/c1-5-11-8-7-9(3)10(4)12(11)13-6-2/h7-8,10,12H,1,5-6H2,2-4H3/q-1. The van der Waals surface area contributed by atoms with Gasteiger partial charge in [0.25, 0.3) is 0 Å². The summed E-state index contributed by atoms with van der Waals surface area (Å²) in [5.74, 6) is 0.502. The first-order valence-corrected chi connectivity index (χ1v) is 4.98. The molecule has 0 aromatic rings. The summed E-state index contributed by atoms with van der Waals surface area (Å²) in [7, 11) is 0. The summed E-state index contributed by atoms with van der Waals surface area (Å²) in [5, 5.41) is 0. The molecule has 2 unspecified atom stereocenters. The molecule has 1 nitrogen and oxygen atoms in total. The summed E-state index contributed by atoms with van der Waals surface area (Å²) >= 11 is 0. The third-order valence-corrected chi connectivity index (χ3v) is 2.73. The summed E-state index contributed by atoms with van der Waals surface area (Å²) in [6.45, 7) is 11.1. The third-order valence-electron chi connectivity index (χ3n) is 2.73. The van der Waals surface area contributed by atoms with Crippen molar-refractivity contribution in [2.24, 2.45) is 5.92 Å². The van der Waals surface area contributed by atoms with Crippen LogP contribution >= 0.6 is 0 Å². The molecule has 0 aliphatic heterocycles. The topological polar surface area (TPSA) is 9.23 Å². The molecule has 0 bridgehead atoms. The van der Waals surface area contributed by atoms with Crippen molar-refractivity contribution >= 4 is 0 Å². The lowest BCUT2D eigenvalue weighted by Crippen LogP contribution is -2.27. The van der Waals surface area contributed by atoms with Crippen LogP contribution in [0.15, 0.2) is 23.3 Å². The quantitative estimate of drug-likeness (QED) is 0.605. The van der Waals surface area contributed by atoms with Crippen LogP contribution in [0.5, 0.6) is 0 Å². The van der Waals surface area contributed by atoms with Crippen molar-refractivity contribution in [2.75, 3.05) is 6.61 Å². The highest BCUT2D eigenvalue weighted by Gasteiger charge is 2.22. The highest BCUT2D eigenvalue weighted by Crippen LogP contribution is 2.29. The third kappa shape index (κ3) is 2.22. The zero-order chi connectivity index (χ0) is 9.84. The second-order valence-electron chi connectivity index (χ2n) is 3.57. The summed E-state index contributed by atoms with van der Waals surface area (Å²) in [4.78, 5) is 0. The van der Waals surface area contributed by atoms with E-state index < -0.39 is 0 Å². The molecule has 1 aliphatic rings. The summed E-state index contributed by atoms with van der Waals surface area (Å²) in [6.07, 6.45) is 5.44. The van der Waals surface area contributed by atoms with Gasteiger partial charge in [-0.3, -0.25) is 0 Å². The lowest BCUT2D eigenvalue weighted by Gasteiger charge is -2.31. The first-order chi connectivity index (χ1) is 6.20. The molecule has 13 heavy (non-hydrogen) atoms. The Morgan fingerprint density at radius 2 is 2.15 bits per heavy atom. The first-order valence-electron chi connectivity index (χ1n) is 4.98. The van der Waals surface area contributed by atoms with Crippen molar-refractivity contribution in [3.05, 3.63) is 30.2 Å². The van der Waals surface area contributed by atoms with Gasteiger partial charge in [0, 0.05) is 12.5 Å². The summed E-state index contributed by atoms with van der Waals surface area (Å²) in [5.41, 5.74) is 2.72. The molecule has 0 fully saturated rings. The zero-order valence-corrected chi connectivity index (χ0v) is 8.84. The Bertz CT molecular complexity index is 225. The fraction of sp³-hybridized carbons (Fsp3) is 0.583. The molecule has 0 N–H and O–H groups in total. The van der Waals surface area contributed by atoms with Gasteiger partial charge in [-0.2, -0.15) is 6.42 Å². The molecular formula is C12H19O-. The summed E-state index contributed by atoms with van der Waals surface area (Å²) < 4.78 is 5.72. The average Bonchev–Trinajstić information content (AvgIpc) is 2.14. The average molecular weight is 179 g/mol. The molecule has 0 saturated carbocycles. The Kier molecular flexibility index (Phi) is 3.73. The Hall–Kier alpha value is -0.560. The van der Waals surface area contributed by atoms with Crippen molar-refractivity contribution in [3.63, 3.8) is 0 Å². The Balaban J connectivity index is 2.79. The van der Waals surface area contributed by atoms with Gasteiger partial charge in [0.05, 0.1) is 6.10 Å². The molecule has 0 saturated heterocycles. The van der Waals surface area contributed by atoms with Gasteiger partial charge in [0.2, 0.25) is 0 Å². The van der Waals surface area contributed by atoms with E-state index in [2.05, 4.69) is 32.9 Å². The lowest BCUT2D eigenvalue weighted by molar-refractivity contribution is 0.0586. The van der Waals surface area contributed by atoms with E-state index in [0.29, 0.717) is 5.92 Å². The predicted octanol–water partition coefficient (Wildman–Crippen LogP) is 3.14. The van der Waals surface area contributed by atoms with E-state index in [-0.39, 0.29) is 6.10 Å². The first kappa shape index (κ1) is 10.5. The van der Waals surface area contributed by atoms with E-state index in [0.717, 1.165) is 13.0 Å². The number of rotatable bonds is 3. The molecule has 2 atom stereocenters. The maximum atomic E-state index is 5.72. The molecule has 1 rings (SSSR count).